The van der Waals surface area contributed by atoms with Crippen molar-refractivity contribution in [2.45, 2.75) is 13.8 Å². The Hall–Kier alpha value is -2.00. The second kappa shape index (κ2) is 7.14. The second-order valence-corrected chi connectivity index (χ2v) is 5.29. The molecule has 2 aromatic rings. The van der Waals surface area contributed by atoms with Gasteiger partial charge in [-0.3, -0.25) is 4.79 Å². The Kier molecular flexibility index (Phi) is 5.23. The van der Waals surface area contributed by atoms with Gasteiger partial charge in [0.05, 0.1) is 6.54 Å². The number of nitrogens with one attached hydrogen (secondary N) is 1. The van der Waals surface area contributed by atoms with Crippen LogP contribution in [0.2, 0.25) is 5.02 Å². The molecular weight excluding hydrogens is 284 g/mol. The Labute approximate surface area is 130 Å². The van der Waals surface area contributed by atoms with Gasteiger partial charge in [0.2, 0.25) is 5.91 Å². The van der Waals surface area contributed by atoms with Crippen molar-refractivity contribution in [1.29, 1.82) is 0 Å². The molecule has 21 heavy (non-hydrogen) atoms. The minimum atomic E-state index is -0.0499. The monoisotopic (exact) mass is 302 g/mol. The summed E-state index contributed by atoms with van der Waals surface area (Å²) in [5.41, 5.74) is 2.80. The van der Waals surface area contributed by atoms with Gasteiger partial charge in [-0.25, -0.2) is 0 Å². The lowest BCUT2D eigenvalue weighted by Gasteiger charge is -2.22. The van der Waals surface area contributed by atoms with Gasteiger partial charge in [0.15, 0.2) is 0 Å². The van der Waals surface area contributed by atoms with Gasteiger partial charge in [-0.1, -0.05) is 35.9 Å². The summed E-state index contributed by atoms with van der Waals surface area (Å²) in [6, 6.07) is 15.4. The standard InChI is InChI=1S/C17H19ClN2O/c1-3-20(15-7-5-4-6-8-15)12-17(21)19-16-11-14(18)10-9-13(16)2/h4-11H,3,12H2,1-2H3,(H,19,21). The normalized spacial score (nSPS) is 10.2. The quantitative estimate of drug-likeness (QED) is 0.901. The van der Waals surface area contributed by atoms with Crippen molar-refractivity contribution < 1.29 is 4.79 Å². The Morgan fingerprint density at radius 3 is 2.57 bits per heavy atom. The fraction of sp³-hybridized carbons (Fsp3) is 0.235. The highest BCUT2D eigenvalue weighted by molar-refractivity contribution is 6.31. The van der Waals surface area contributed by atoms with E-state index in [4.69, 9.17) is 11.6 Å². The maximum Gasteiger partial charge on any atom is 0.243 e. The summed E-state index contributed by atoms with van der Waals surface area (Å²) < 4.78 is 0. The van der Waals surface area contributed by atoms with Crippen LogP contribution in [0.15, 0.2) is 48.5 Å². The molecule has 0 unspecified atom stereocenters. The van der Waals surface area contributed by atoms with Gasteiger partial charge in [-0.2, -0.15) is 0 Å². The van der Waals surface area contributed by atoms with E-state index >= 15 is 0 Å². The topological polar surface area (TPSA) is 32.3 Å². The van der Waals surface area contributed by atoms with Crippen LogP contribution in [0, 0.1) is 6.92 Å². The molecule has 0 bridgehead atoms. The summed E-state index contributed by atoms with van der Waals surface area (Å²) in [5, 5.41) is 3.54. The van der Waals surface area contributed by atoms with Crippen LogP contribution in [0.25, 0.3) is 0 Å². The van der Waals surface area contributed by atoms with Gasteiger partial charge in [0.25, 0.3) is 0 Å². The average Bonchev–Trinajstić information content (AvgIpc) is 2.49. The lowest BCUT2D eigenvalue weighted by molar-refractivity contribution is -0.115. The summed E-state index contributed by atoms with van der Waals surface area (Å²) in [6.45, 7) is 5.06. The number of aryl methyl sites for hydroxylation is 1. The molecule has 0 spiro atoms. The molecule has 0 fully saturated rings. The van der Waals surface area contributed by atoms with E-state index in [1.165, 1.54) is 0 Å². The van der Waals surface area contributed by atoms with Crippen LogP contribution >= 0.6 is 11.6 Å². The van der Waals surface area contributed by atoms with Crippen molar-refractivity contribution >= 4 is 28.9 Å². The van der Waals surface area contributed by atoms with Gasteiger partial charge >= 0.3 is 0 Å². The van der Waals surface area contributed by atoms with Gasteiger partial charge in [0, 0.05) is 22.9 Å². The fourth-order valence-corrected chi connectivity index (χ4v) is 2.29. The Morgan fingerprint density at radius 1 is 1.19 bits per heavy atom. The minimum Gasteiger partial charge on any atom is -0.362 e. The number of rotatable bonds is 5. The molecular formula is C17H19ClN2O. The van der Waals surface area contributed by atoms with Gasteiger partial charge in [-0.15, -0.1) is 0 Å². The summed E-state index contributed by atoms with van der Waals surface area (Å²) in [7, 11) is 0. The molecule has 0 aliphatic heterocycles. The molecule has 2 aromatic carbocycles. The van der Waals surface area contributed by atoms with Crippen molar-refractivity contribution in [2.75, 3.05) is 23.3 Å². The summed E-state index contributed by atoms with van der Waals surface area (Å²) in [5.74, 6) is -0.0499. The molecule has 0 aliphatic rings. The SMILES string of the molecule is CCN(CC(=O)Nc1cc(Cl)ccc1C)c1ccccc1. The smallest absolute Gasteiger partial charge is 0.243 e. The highest BCUT2D eigenvalue weighted by atomic mass is 35.5. The predicted octanol–water partition coefficient (Wildman–Crippen LogP) is 4.11. The predicted molar refractivity (Wildman–Crippen MR) is 89.1 cm³/mol. The summed E-state index contributed by atoms with van der Waals surface area (Å²) in [6.07, 6.45) is 0. The largest absolute Gasteiger partial charge is 0.362 e. The molecule has 2 rings (SSSR count). The van der Waals surface area contributed by atoms with E-state index in [0.29, 0.717) is 11.6 Å². The highest BCUT2D eigenvalue weighted by Crippen LogP contribution is 2.20. The number of nitrogens with zero attached hydrogens (tertiary/aromatic N) is 1. The molecule has 0 aromatic heterocycles. The molecule has 1 N–H and O–H groups in total. The molecule has 4 heteroatoms. The zero-order valence-corrected chi connectivity index (χ0v) is 13.0. The first-order valence-corrected chi connectivity index (χ1v) is 7.34. The number of amides is 1. The second-order valence-electron chi connectivity index (χ2n) is 4.86. The maximum atomic E-state index is 12.2. The van der Waals surface area contributed by atoms with Gasteiger partial charge in [0.1, 0.15) is 0 Å². The first-order chi connectivity index (χ1) is 10.1. The van der Waals surface area contributed by atoms with Crippen LogP contribution in [0.3, 0.4) is 0 Å². The number of hydrogen-bond acceptors (Lipinski definition) is 2. The number of anilines is 2. The van der Waals surface area contributed by atoms with Crippen LogP contribution in [-0.2, 0) is 4.79 Å². The number of hydrogen-bond donors (Lipinski definition) is 1. The molecule has 0 atom stereocenters. The summed E-state index contributed by atoms with van der Waals surface area (Å²) in [4.78, 5) is 14.2. The fourth-order valence-electron chi connectivity index (χ4n) is 2.12. The molecule has 110 valence electrons. The number of halogens is 1. The third-order valence-electron chi connectivity index (χ3n) is 3.31. The van der Waals surface area contributed by atoms with Crippen LogP contribution in [0.5, 0.6) is 0 Å². The zero-order valence-electron chi connectivity index (χ0n) is 12.3. The highest BCUT2D eigenvalue weighted by Gasteiger charge is 2.11. The van der Waals surface area contributed by atoms with E-state index in [1.807, 2.05) is 61.2 Å². The zero-order chi connectivity index (χ0) is 15.2. The Morgan fingerprint density at radius 2 is 1.90 bits per heavy atom. The van der Waals surface area contributed by atoms with Gasteiger partial charge < -0.3 is 10.2 Å². The molecule has 0 radical (unpaired) electrons. The number of carbonyl (C=O) groups excluding carboxylic acids is 1. The third-order valence-corrected chi connectivity index (χ3v) is 3.55. The van der Waals surface area contributed by atoms with Crippen LogP contribution in [0.4, 0.5) is 11.4 Å². The van der Waals surface area contributed by atoms with Crippen LogP contribution in [-0.4, -0.2) is 19.0 Å². The number of carbonyl (C=O) groups is 1. The van der Waals surface area contributed by atoms with Gasteiger partial charge in [-0.05, 0) is 43.7 Å². The Balaban J connectivity index is 2.05. The number of benzene rings is 2. The Bertz CT molecular complexity index is 613. The lowest BCUT2D eigenvalue weighted by atomic mass is 10.2. The van der Waals surface area contributed by atoms with E-state index < -0.39 is 0 Å². The summed E-state index contributed by atoms with van der Waals surface area (Å²) >= 11 is 5.97. The molecule has 0 aliphatic carbocycles. The average molecular weight is 303 g/mol. The number of para-hydroxylation sites is 1. The molecule has 0 heterocycles. The van der Waals surface area contributed by atoms with Crippen molar-refractivity contribution in [2.24, 2.45) is 0 Å². The third kappa shape index (κ3) is 4.23. The first-order valence-electron chi connectivity index (χ1n) is 6.96. The maximum absolute atomic E-state index is 12.2. The van der Waals surface area contributed by atoms with Crippen LogP contribution in [0.1, 0.15) is 12.5 Å². The minimum absolute atomic E-state index is 0.0499. The van der Waals surface area contributed by atoms with Crippen molar-refractivity contribution in [3.63, 3.8) is 0 Å². The molecule has 3 nitrogen and oxygen atoms in total. The molecule has 1 amide bonds. The van der Waals surface area contributed by atoms with Crippen molar-refractivity contribution in [3.8, 4) is 0 Å². The van der Waals surface area contributed by atoms with E-state index in [9.17, 15) is 4.79 Å². The lowest BCUT2D eigenvalue weighted by Crippen LogP contribution is -2.33. The molecule has 0 saturated heterocycles. The van der Waals surface area contributed by atoms with Crippen LogP contribution < -0.4 is 10.2 Å². The van der Waals surface area contributed by atoms with E-state index in [0.717, 1.165) is 23.5 Å². The molecule has 0 saturated carbocycles. The first kappa shape index (κ1) is 15.4. The van der Waals surface area contributed by atoms with Crippen molar-refractivity contribution in [1.82, 2.24) is 0 Å². The number of likely N-dealkylation sites (N-methyl/N-ethyl adjacent to an activating group) is 1. The van der Waals surface area contributed by atoms with E-state index in [2.05, 4.69) is 5.32 Å². The van der Waals surface area contributed by atoms with E-state index in [-0.39, 0.29) is 5.91 Å². The van der Waals surface area contributed by atoms with E-state index in [1.54, 1.807) is 6.07 Å². The van der Waals surface area contributed by atoms with Crippen molar-refractivity contribution in [3.05, 3.63) is 59.1 Å².